The summed E-state index contributed by atoms with van der Waals surface area (Å²) in [7, 11) is 1.38. The number of nitrogens with one attached hydrogen (secondary N) is 1. The van der Waals surface area contributed by atoms with E-state index in [1.54, 1.807) is 12.3 Å². The van der Waals surface area contributed by atoms with Gasteiger partial charge in [0.1, 0.15) is 23.0 Å². The van der Waals surface area contributed by atoms with E-state index in [1.807, 2.05) is 24.3 Å². The van der Waals surface area contributed by atoms with Crippen molar-refractivity contribution in [3.8, 4) is 17.1 Å². The van der Waals surface area contributed by atoms with Gasteiger partial charge in [0, 0.05) is 37.7 Å². The molecule has 2 aliphatic rings. The summed E-state index contributed by atoms with van der Waals surface area (Å²) in [6, 6.07) is 12.7. The summed E-state index contributed by atoms with van der Waals surface area (Å²) in [5, 5.41) is 0. The number of imidazole rings is 1. The van der Waals surface area contributed by atoms with Crippen molar-refractivity contribution in [3.05, 3.63) is 71.4 Å². The van der Waals surface area contributed by atoms with E-state index >= 15 is 0 Å². The van der Waals surface area contributed by atoms with Gasteiger partial charge in [-0.2, -0.15) is 13.2 Å². The van der Waals surface area contributed by atoms with Crippen LogP contribution in [0.1, 0.15) is 53.6 Å². The highest BCUT2D eigenvalue weighted by Crippen LogP contribution is 2.46. The van der Waals surface area contributed by atoms with Gasteiger partial charge in [-0.05, 0) is 66.4 Å². The molecule has 1 unspecified atom stereocenters. The molecule has 0 saturated carbocycles. The van der Waals surface area contributed by atoms with Crippen molar-refractivity contribution in [2.24, 2.45) is 0 Å². The summed E-state index contributed by atoms with van der Waals surface area (Å²) in [4.78, 5) is 26.2. The fraction of sp³-hybridized carbons (Fsp3) is 0.345. The molecule has 0 radical (unpaired) electrons. The molecule has 6 rings (SSSR count). The monoisotopic (exact) mass is 536 g/mol. The van der Waals surface area contributed by atoms with Crippen molar-refractivity contribution < 1.29 is 27.4 Å². The van der Waals surface area contributed by atoms with Gasteiger partial charge in [-0.1, -0.05) is 6.92 Å². The number of esters is 1. The number of methoxy groups -OCH3 is 1. The van der Waals surface area contributed by atoms with Gasteiger partial charge in [-0.25, -0.2) is 14.8 Å². The number of hydrogen-bond donors (Lipinski definition) is 1. The Morgan fingerprint density at radius 2 is 1.92 bits per heavy atom. The Bertz CT molecular complexity index is 1540. The molecule has 1 atom stereocenters. The number of carbonyl (C=O) groups excluding carboxylic acids is 1. The first-order chi connectivity index (χ1) is 18.6. The van der Waals surface area contributed by atoms with Crippen LogP contribution in [-0.2, 0) is 10.9 Å². The van der Waals surface area contributed by atoms with E-state index in [4.69, 9.17) is 9.47 Å². The average molecular weight is 537 g/mol. The maximum absolute atomic E-state index is 13.0. The van der Waals surface area contributed by atoms with Gasteiger partial charge in [-0.15, -0.1) is 0 Å². The van der Waals surface area contributed by atoms with Crippen molar-refractivity contribution >= 4 is 22.8 Å². The van der Waals surface area contributed by atoms with Crippen LogP contribution in [0.2, 0.25) is 0 Å². The lowest BCUT2D eigenvalue weighted by Crippen LogP contribution is -2.50. The van der Waals surface area contributed by atoms with Crippen LogP contribution in [-0.4, -0.2) is 46.7 Å². The lowest BCUT2D eigenvalue weighted by Gasteiger charge is -2.46. The number of anilines is 1. The molecular formula is C29H27F3N4O3. The van der Waals surface area contributed by atoms with Gasteiger partial charge in [0.2, 0.25) is 0 Å². The minimum Gasteiger partial charge on any atom is -0.487 e. The van der Waals surface area contributed by atoms with Gasteiger partial charge < -0.3 is 19.4 Å². The lowest BCUT2D eigenvalue weighted by atomic mass is 9.78. The van der Waals surface area contributed by atoms with Crippen molar-refractivity contribution in [3.63, 3.8) is 0 Å². The summed E-state index contributed by atoms with van der Waals surface area (Å²) >= 11 is 0. The molecule has 2 aromatic carbocycles. The zero-order valence-electron chi connectivity index (χ0n) is 21.5. The Morgan fingerprint density at radius 1 is 1.13 bits per heavy atom. The van der Waals surface area contributed by atoms with Crippen LogP contribution in [0.3, 0.4) is 0 Å². The number of pyridine rings is 1. The van der Waals surface area contributed by atoms with Gasteiger partial charge in [-0.3, -0.25) is 0 Å². The number of aromatic amines is 1. The fourth-order valence-electron chi connectivity index (χ4n) is 5.70. The summed E-state index contributed by atoms with van der Waals surface area (Å²) in [6.07, 6.45) is -0.175. The second-order valence-electron chi connectivity index (χ2n) is 10.3. The second kappa shape index (κ2) is 9.29. The molecule has 1 spiro atoms. The van der Waals surface area contributed by atoms with Gasteiger partial charge in [0.25, 0.3) is 0 Å². The Morgan fingerprint density at radius 3 is 2.62 bits per heavy atom. The summed E-state index contributed by atoms with van der Waals surface area (Å²) < 4.78 is 50.5. The average Bonchev–Trinajstić information content (AvgIpc) is 3.36. The van der Waals surface area contributed by atoms with E-state index in [2.05, 4.69) is 26.8 Å². The fourth-order valence-corrected chi connectivity index (χ4v) is 5.70. The standard InChI is InChI=1S/C29H27F3N4O3/c1-17-15-28(39-24-7-3-18(13-21(17)24)27(37)38-2)9-11-36(12-10-28)25-8-4-19(16-33-25)26-34-22-6-5-20(29(30,31)32)14-23(22)35-26/h3-8,13-14,16-17H,9-12,15H2,1-2H3,(H,34,35). The maximum Gasteiger partial charge on any atom is 0.416 e. The largest absolute Gasteiger partial charge is 0.487 e. The number of aromatic nitrogens is 3. The van der Waals surface area contributed by atoms with E-state index in [9.17, 15) is 18.0 Å². The molecule has 1 saturated heterocycles. The molecule has 2 aliphatic heterocycles. The number of alkyl halides is 3. The van der Waals surface area contributed by atoms with Crippen LogP contribution in [0, 0.1) is 0 Å². The molecular weight excluding hydrogens is 509 g/mol. The SMILES string of the molecule is COC(=O)c1ccc2c(c1)C(C)CC1(CCN(c3ccc(-c4nc5ccc(C(F)(F)F)cc5[nH]4)cn3)CC1)O2. The van der Waals surface area contributed by atoms with Crippen LogP contribution in [0.5, 0.6) is 5.75 Å². The Labute approximate surface area is 223 Å². The summed E-state index contributed by atoms with van der Waals surface area (Å²) in [6.45, 7) is 3.72. The highest BCUT2D eigenvalue weighted by Gasteiger charge is 2.42. The molecule has 1 fully saturated rings. The molecule has 4 heterocycles. The van der Waals surface area contributed by atoms with Crippen molar-refractivity contribution in [1.82, 2.24) is 15.0 Å². The third kappa shape index (κ3) is 4.68. The number of fused-ring (bicyclic) bond motifs is 2. The third-order valence-electron chi connectivity index (χ3n) is 7.80. The first-order valence-electron chi connectivity index (χ1n) is 12.8. The number of piperidine rings is 1. The Kier molecular flexibility index (Phi) is 6.00. The summed E-state index contributed by atoms with van der Waals surface area (Å²) in [5.74, 6) is 2.02. The molecule has 202 valence electrons. The number of carbonyl (C=O) groups is 1. The number of hydrogen-bond acceptors (Lipinski definition) is 6. The highest BCUT2D eigenvalue weighted by molar-refractivity contribution is 5.89. The Balaban J connectivity index is 1.14. The first-order valence-corrected chi connectivity index (χ1v) is 12.8. The maximum atomic E-state index is 13.0. The predicted octanol–water partition coefficient (Wildman–Crippen LogP) is 6.36. The van der Waals surface area contributed by atoms with Crippen LogP contribution in [0.25, 0.3) is 22.4 Å². The number of H-pyrrole nitrogens is 1. The number of ether oxygens (including phenoxy) is 2. The van der Waals surface area contributed by atoms with E-state index < -0.39 is 11.7 Å². The van der Waals surface area contributed by atoms with E-state index in [1.165, 1.54) is 13.2 Å². The first kappa shape index (κ1) is 25.2. The van der Waals surface area contributed by atoms with Crippen molar-refractivity contribution in [2.45, 2.75) is 43.9 Å². The van der Waals surface area contributed by atoms with Crippen LogP contribution < -0.4 is 9.64 Å². The zero-order valence-corrected chi connectivity index (χ0v) is 21.5. The lowest BCUT2D eigenvalue weighted by molar-refractivity contribution is -0.137. The number of rotatable bonds is 3. The van der Waals surface area contributed by atoms with Crippen LogP contribution in [0.15, 0.2) is 54.7 Å². The summed E-state index contributed by atoms with van der Waals surface area (Å²) in [5.41, 5.74) is 2.07. The molecule has 7 nitrogen and oxygen atoms in total. The van der Waals surface area contributed by atoms with Crippen LogP contribution in [0.4, 0.5) is 19.0 Å². The minimum absolute atomic E-state index is 0.248. The third-order valence-corrected chi connectivity index (χ3v) is 7.80. The van der Waals surface area contributed by atoms with E-state index in [-0.39, 0.29) is 17.5 Å². The number of halogens is 3. The van der Waals surface area contributed by atoms with Gasteiger partial charge in [0.05, 0.1) is 29.3 Å². The molecule has 0 bridgehead atoms. The normalized spacial score (nSPS) is 18.6. The van der Waals surface area contributed by atoms with E-state index in [0.29, 0.717) is 28.0 Å². The smallest absolute Gasteiger partial charge is 0.416 e. The highest BCUT2D eigenvalue weighted by atomic mass is 19.4. The predicted molar refractivity (Wildman–Crippen MR) is 140 cm³/mol. The molecule has 0 amide bonds. The molecule has 10 heteroatoms. The zero-order chi connectivity index (χ0) is 27.4. The topological polar surface area (TPSA) is 80.3 Å². The molecule has 4 aromatic rings. The molecule has 0 aliphatic carbocycles. The van der Waals surface area contributed by atoms with Crippen LogP contribution >= 0.6 is 0 Å². The second-order valence-corrected chi connectivity index (χ2v) is 10.3. The quantitative estimate of drug-likeness (QED) is 0.307. The van der Waals surface area contributed by atoms with Gasteiger partial charge in [0.15, 0.2) is 0 Å². The number of benzene rings is 2. The van der Waals surface area contributed by atoms with E-state index in [0.717, 1.165) is 61.6 Å². The van der Waals surface area contributed by atoms with Crippen molar-refractivity contribution in [2.75, 3.05) is 25.1 Å². The van der Waals surface area contributed by atoms with Crippen molar-refractivity contribution in [1.29, 1.82) is 0 Å². The molecule has 39 heavy (non-hydrogen) atoms. The molecule has 2 aromatic heterocycles. The molecule has 1 N–H and O–H groups in total. The Hall–Kier alpha value is -4.08. The van der Waals surface area contributed by atoms with Gasteiger partial charge >= 0.3 is 12.1 Å². The number of nitrogens with zero attached hydrogens (tertiary/aromatic N) is 3. The minimum atomic E-state index is -4.41.